The molecule has 3 aromatic carbocycles. The summed E-state index contributed by atoms with van der Waals surface area (Å²) in [6, 6.07) is 18.1. The lowest BCUT2D eigenvalue weighted by Gasteiger charge is -2.12. The number of carbonyl (C=O) groups is 1. The molecule has 39 heavy (non-hydrogen) atoms. The number of aromatic nitrogens is 2. The number of carbonyl (C=O) groups excluding carboxylic acids is 1. The maximum absolute atomic E-state index is 13.4. The lowest BCUT2D eigenvalue weighted by atomic mass is 9.98. The van der Waals surface area contributed by atoms with Gasteiger partial charge in [0.1, 0.15) is 17.3 Å². The smallest absolute Gasteiger partial charge is 0.200 e. The summed E-state index contributed by atoms with van der Waals surface area (Å²) in [7, 11) is 3.13. The molecule has 0 spiro atoms. The Morgan fingerprint density at radius 3 is 2.31 bits per heavy atom. The zero-order chi connectivity index (χ0) is 27.5. The number of rotatable bonds is 8. The molecule has 5 rings (SSSR count). The number of methoxy groups -OCH3 is 2. The minimum absolute atomic E-state index is 0.0322. The normalized spacial score (nSPS) is 10.9. The third-order valence-corrected chi connectivity index (χ3v) is 6.44. The van der Waals surface area contributed by atoms with Crippen molar-refractivity contribution in [3.8, 4) is 34.1 Å². The molecule has 2 aromatic heterocycles. The van der Waals surface area contributed by atoms with Crippen LogP contribution in [0, 0.1) is 12.7 Å². The summed E-state index contributed by atoms with van der Waals surface area (Å²) in [5, 5.41) is 0.755. The fourth-order valence-corrected chi connectivity index (χ4v) is 4.41. The number of aromatic amines is 1. The highest BCUT2D eigenvalue weighted by molar-refractivity contribution is 5.98. The van der Waals surface area contributed by atoms with E-state index in [0.29, 0.717) is 45.3 Å². The Kier molecular flexibility index (Phi) is 7.10. The third-order valence-electron chi connectivity index (χ3n) is 6.44. The van der Waals surface area contributed by atoms with Crippen molar-refractivity contribution >= 4 is 16.7 Å². The number of nitrogens with zero attached hydrogens (tertiary/aromatic N) is 1. The van der Waals surface area contributed by atoms with E-state index in [1.54, 1.807) is 63.7 Å². The van der Waals surface area contributed by atoms with Crippen molar-refractivity contribution in [3.05, 3.63) is 112 Å². The van der Waals surface area contributed by atoms with E-state index in [0.717, 1.165) is 10.9 Å². The Bertz CT molecular complexity index is 1730. The number of pyridine rings is 2. The maximum atomic E-state index is 13.4. The number of hydrogen-bond donors (Lipinski definition) is 1. The summed E-state index contributed by atoms with van der Waals surface area (Å²) in [5.41, 5.74) is 2.57. The van der Waals surface area contributed by atoms with Crippen LogP contribution in [-0.2, 0) is 6.42 Å². The molecule has 0 aliphatic rings. The lowest BCUT2D eigenvalue weighted by molar-refractivity contribution is 0.0991. The van der Waals surface area contributed by atoms with Gasteiger partial charge in [0.15, 0.2) is 22.7 Å². The van der Waals surface area contributed by atoms with Crippen molar-refractivity contribution in [2.24, 2.45) is 0 Å². The number of fused-ring (bicyclic) bond motifs is 1. The predicted molar refractivity (Wildman–Crippen MR) is 147 cm³/mol. The Labute approximate surface area is 223 Å². The third kappa shape index (κ3) is 5.22. The van der Waals surface area contributed by atoms with Crippen LogP contribution in [0.25, 0.3) is 22.0 Å². The SMILES string of the molecule is COc1cc2nccc(Oc3ccc(CC(=O)c4c[nH]c(C)c(-c5ccc(F)cc5)c4=O)cc3)c2cc1OC. The van der Waals surface area contributed by atoms with Gasteiger partial charge in [0.05, 0.1) is 25.3 Å². The molecular formula is C31H25FN2O5. The van der Waals surface area contributed by atoms with Crippen molar-refractivity contribution in [1.82, 2.24) is 9.97 Å². The Balaban J connectivity index is 1.36. The number of ketones is 1. The first-order chi connectivity index (χ1) is 18.9. The molecule has 0 radical (unpaired) electrons. The summed E-state index contributed by atoms with van der Waals surface area (Å²) in [5.74, 6) is 1.56. The minimum Gasteiger partial charge on any atom is -0.493 e. The molecule has 0 bridgehead atoms. The molecule has 7 nitrogen and oxygen atoms in total. The van der Waals surface area contributed by atoms with Crippen molar-refractivity contribution < 1.29 is 23.4 Å². The molecule has 0 aliphatic heterocycles. The van der Waals surface area contributed by atoms with Crippen LogP contribution in [0.3, 0.4) is 0 Å². The van der Waals surface area contributed by atoms with Crippen LogP contribution in [0.4, 0.5) is 4.39 Å². The second kappa shape index (κ2) is 10.8. The fourth-order valence-electron chi connectivity index (χ4n) is 4.41. The second-order valence-electron chi connectivity index (χ2n) is 8.92. The molecule has 0 fully saturated rings. The molecule has 8 heteroatoms. The predicted octanol–water partition coefficient (Wildman–Crippen LogP) is 6.27. The van der Waals surface area contributed by atoms with Gasteiger partial charge in [-0.25, -0.2) is 4.39 Å². The topological polar surface area (TPSA) is 90.5 Å². The lowest BCUT2D eigenvalue weighted by Crippen LogP contribution is -2.20. The molecular weight excluding hydrogens is 499 g/mol. The molecule has 1 N–H and O–H groups in total. The maximum Gasteiger partial charge on any atom is 0.200 e. The first-order valence-corrected chi connectivity index (χ1v) is 12.2. The summed E-state index contributed by atoms with van der Waals surface area (Å²) in [4.78, 5) is 33.6. The van der Waals surface area contributed by atoms with Gasteiger partial charge >= 0.3 is 0 Å². The number of H-pyrrole nitrogens is 1. The van der Waals surface area contributed by atoms with E-state index in [1.807, 2.05) is 6.07 Å². The number of halogens is 1. The summed E-state index contributed by atoms with van der Waals surface area (Å²) >= 11 is 0. The number of nitrogens with one attached hydrogen (secondary N) is 1. The van der Waals surface area contributed by atoms with Crippen molar-refractivity contribution in [2.75, 3.05) is 14.2 Å². The molecule has 0 unspecified atom stereocenters. The number of hydrogen-bond acceptors (Lipinski definition) is 6. The average molecular weight is 525 g/mol. The monoisotopic (exact) mass is 524 g/mol. The van der Waals surface area contributed by atoms with E-state index in [4.69, 9.17) is 14.2 Å². The summed E-state index contributed by atoms with van der Waals surface area (Å²) < 4.78 is 30.3. The molecule has 0 atom stereocenters. The van der Waals surface area contributed by atoms with E-state index >= 15 is 0 Å². The zero-order valence-corrected chi connectivity index (χ0v) is 21.6. The first kappa shape index (κ1) is 25.7. The van der Waals surface area contributed by atoms with Crippen LogP contribution in [0.5, 0.6) is 23.0 Å². The number of Topliss-reactive ketones (excluding diaryl/α,β-unsaturated/α-hetero) is 1. The van der Waals surface area contributed by atoms with E-state index in [2.05, 4.69) is 9.97 Å². The van der Waals surface area contributed by atoms with Crippen molar-refractivity contribution in [3.63, 3.8) is 0 Å². The quantitative estimate of drug-likeness (QED) is 0.241. The number of ether oxygens (including phenoxy) is 3. The highest BCUT2D eigenvalue weighted by Gasteiger charge is 2.18. The van der Waals surface area contributed by atoms with Crippen LogP contribution in [0.15, 0.2) is 83.9 Å². The fraction of sp³-hybridized carbons (Fsp3) is 0.129. The largest absolute Gasteiger partial charge is 0.493 e. The molecule has 0 aliphatic carbocycles. The van der Waals surface area contributed by atoms with Gasteiger partial charge in [0, 0.05) is 41.5 Å². The van der Waals surface area contributed by atoms with Crippen LogP contribution in [0.1, 0.15) is 21.6 Å². The first-order valence-electron chi connectivity index (χ1n) is 12.2. The van der Waals surface area contributed by atoms with E-state index in [1.165, 1.54) is 30.5 Å². The number of benzene rings is 3. The summed E-state index contributed by atoms with van der Waals surface area (Å²) in [6.45, 7) is 1.74. The highest BCUT2D eigenvalue weighted by atomic mass is 19.1. The molecule has 0 amide bonds. The zero-order valence-electron chi connectivity index (χ0n) is 21.6. The van der Waals surface area contributed by atoms with E-state index in [-0.39, 0.29) is 23.2 Å². The highest BCUT2D eigenvalue weighted by Crippen LogP contribution is 2.36. The van der Waals surface area contributed by atoms with Crippen LogP contribution in [-0.4, -0.2) is 30.0 Å². The van der Waals surface area contributed by atoms with Crippen molar-refractivity contribution in [1.29, 1.82) is 0 Å². The Morgan fingerprint density at radius 1 is 0.923 bits per heavy atom. The van der Waals surface area contributed by atoms with Gasteiger partial charge in [-0.1, -0.05) is 24.3 Å². The van der Waals surface area contributed by atoms with Crippen LogP contribution >= 0.6 is 0 Å². The van der Waals surface area contributed by atoms with Crippen molar-refractivity contribution in [2.45, 2.75) is 13.3 Å². The average Bonchev–Trinajstić information content (AvgIpc) is 2.94. The van der Waals surface area contributed by atoms with Crippen LogP contribution < -0.4 is 19.6 Å². The Morgan fingerprint density at radius 2 is 1.62 bits per heavy atom. The molecule has 0 saturated carbocycles. The van der Waals surface area contributed by atoms with Gasteiger partial charge in [-0.2, -0.15) is 0 Å². The van der Waals surface area contributed by atoms with E-state index in [9.17, 15) is 14.0 Å². The summed E-state index contributed by atoms with van der Waals surface area (Å²) in [6.07, 6.45) is 3.11. The van der Waals surface area contributed by atoms with Gasteiger partial charge in [-0.15, -0.1) is 0 Å². The number of aryl methyl sites for hydroxylation is 1. The standard InChI is InChI=1S/C31H25FN2O5/c1-18-30(20-6-8-21(32)9-7-20)31(36)24(17-34-18)26(35)14-19-4-10-22(11-5-19)39-27-12-13-33-25-16-29(38-3)28(37-2)15-23(25)27/h4-13,15-17H,14H2,1-3H3,(H,34,36). The molecule has 2 heterocycles. The van der Waals surface area contributed by atoms with Gasteiger partial charge in [-0.05, 0) is 54.4 Å². The molecule has 196 valence electrons. The van der Waals surface area contributed by atoms with Gasteiger partial charge < -0.3 is 19.2 Å². The van der Waals surface area contributed by atoms with Gasteiger partial charge in [0.25, 0.3) is 0 Å². The second-order valence-corrected chi connectivity index (χ2v) is 8.92. The van der Waals surface area contributed by atoms with Crippen LogP contribution in [0.2, 0.25) is 0 Å². The van der Waals surface area contributed by atoms with Gasteiger partial charge in [0.2, 0.25) is 0 Å². The Hall–Kier alpha value is -4.98. The molecule has 5 aromatic rings. The van der Waals surface area contributed by atoms with Gasteiger partial charge in [-0.3, -0.25) is 14.6 Å². The molecule has 0 saturated heterocycles. The van der Waals surface area contributed by atoms with E-state index < -0.39 is 5.82 Å². The minimum atomic E-state index is -0.399.